The van der Waals surface area contributed by atoms with Crippen LogP contribution in [0.3, 0.4) is 0 Å². The molecule has 0 radical (unpaired) electrons. The third kappa shape index (κ3) is 2.31. The van der Waals surface area contributed by atoms with Crippen molar-refractivity contribution in [2.45, 2.75) is 39.7 Å². The van der Waals surface area contributed by atoms with Crippen molar-refractivity contribution in [3.63, 3.8) is 0 Å². The molecule has 2 aromatic rings. The van der Waals surface area contributed by atoms with Crippen LogP contribution in [0.5, 0.6) is 0 Å². The molecule has 1 aliphatic heterocycles. The molecule has 0 amide bonds. The molecule has 3 heterocycles. The Bertz CT molecular complexity index is 634. The Morgan fingerprint density at radius 1 is 1.25 bits per heavy atom. The van der Waals surface area contributed by atoms with Crippen molar-refractivity contribution in [3.8, 4) is 11.4 Å². The average molecular weight is 268 g/mol. The molecule has 3 rings (SSSR count). The molecule has 0 bridgehead atoms. The zero-order valence-electron chi connectivity index (χ0n) is 12.3. The fraction of sp³-hybridized carbons (Fsp3) is 0.438. The molecule has 1 aliphatic rings. The van der Waals surface area contributed by atoms with Gasteiger partial charge in [-0.1, -0.05) is 13.8 Å². The van der Waals surface area contributed by atoms with Crippen molar-refractivity contribution in [3.05, 3.63) is 41.0 Å². The lowest BCUT2D eigenvalue weighted by Crippen LogP contribution is -2.27. The van der Waals surface area contributed by atoms with Crippen LogP contribution in [0.2, 0.25) is 0 Å². The van der Waals surface area contributed by atoms with E-state index in [2.05, 4.69) is 31.1 Å². The number of hydrogen-bond acceptors (Lipinski definition) is 4. The van der Waals surface area contributed by atoms with E-state index in [9.17, 15) is 0 Å². The summed E-state index contributed by atoms with van der Waals surface area (Å²) in [4.78, 5) is 13.8. The van der Waals surface area contributed by atoms with Gasteiger partial charge in [0.1, 0.15) is 0 Å². The smallest absolute Gasteiger partial charge is 0.160 e. The monoisotopic (exact) mass is 268 g/mol. The molecule has 2 aromatic heterocycles. The van der Waals surface area contributed by atoms with Crippen LogP contribution in [0.1, 0.15) is 42.3 Å². The first-order chi connectivity index (χ1) is 9.66. The number of nitrogens with one attached hydrogen (secondary N) is 1. The zero-order chi connectivity index (χ0) is 14.1. The minimum atomic E-state index is 0.410. The van der Waals surface area contributed by atoms with Gasteiger partial charge in [-0.2, -0.15) is 0 Å². The van der Waals surface area contributed by atoms with Gasteiger partial charge in [0.25, 0.3) is 0 Å². The van der Waals surface area contributed by atoms with E-state index in [1.807, 2.05) is 18.5 Å². The number of rotatable bonds is 2. The van der Waals surface area contributed by atoms with Gasteiger partial charge in [0.05, 0.1) is 11.4 Å². The summed E-state index contributed by atoms with van der Waals surface area (Å²) in [6.45, 7) is 8.33. The molecule has 4 heteroatoms. The van der Waals surface area contributed by atoms with Gasteiger partial charge in [0, 0.05) is 43.0 Å². The molecule has 1 N–H and O–H groups in total. The van der Waals surface area contributed by atoms with Crippen LogP contribution < -0.4 is 5.32 Å². The van der Waals surface area contributed by atoms with Gasteiger partial charge >= 0.3 is 0 Å². The highest BCUT2D eigenvalue weighted by Gasteiger charge is 2.20. The molecule has 0 atom stereocenters. The van der Waals surface area contributed by atoms with Crippen LogP contribution in [0, 0.1) is 6.92 Å². The zero-order valence-corrected chi connectivity index (χ0v) is 12.3. The van der Waals surface area contributed by atoms with Crippen LogP contribution in [0.15, 0.2) is 18.5 Å². The van der Waals surface area contributed by atoms with Crippen molar-refractivity contribution in [1.29, 1.82) is 0 Å². The Kier molecular flexibility index (Phi) is 3.49. The topological polar surface area (TPSA) is 50.7 Å². The summed E-state index contributed by atoms with van der Waals surface area (Å²) < 4.78 is 0. The number of aryl methyl sites for hydroxylation is 1. The molecule has 0 aromatic carbocycles. The van der Waals surface area contributed by atoms with Crippen molar-refractivity contribution in [2.24, 2.45) is 0 Å². The highest BCUT2D eigenvalue weighted by Crippen LogP contribution is 2.27. The third-order valence-electron chi connectivity index (χ3n) is 3.77. The highest BCUT2D eigenvalue weighted by atomic mass is 15.0. The lowest BCUT2D eigenvalue weighted by atomic mass is 9.98. The number of fused-ring (bicyclic) bond motifs is 1. The third-order valence-corrected chi connectivity index (χ3v) is 3.77. The van der Waals surface area contributed by atoms with Crippen molar-refractivity contribution >= 4 is 0 Å². The molecule has 0 spiro atoms. The molecule has 4 nitrogen and oxygen atoms in total. The van der Waals surface area contributed by atoms with E-state index in [-0.39, 0.29) is 0 Å². The van der Waals surface area contributed by atoms with E-state index in [1.54, 1.807) is 0 Å². The average Bonchev–Trinajstić information content (AvgIpc) is 2.46. The predicted octanol–water partition coefficient (Wildman–Crippen LogP) is 2.62. The van der Waals surface area contributed by atoms with Crippen molar-refractivity contribution in [1.82, 2.24) is 20.3 Å². The van der Waals surface area contributed by atoms with E-state index in [0.717, 1.165) is 36.5 Å². The first-order valence-electron chi connectivity index (χ1n) is 7.18. The molecule has 0 unspecified atom stereocenters. The minimum Gasteiger partial charge on any atom is -0.312 e. The Balaban J connectivity index is 2.18. The van der Waals surface area contributed by atoms with Crippen molar-refractivity contribution in [2.75, 3.05) is 6.54 Å². The van der Waals surface area contributed by atoms with E-state index >= 15 is 0 Å². The molecule has 0 fully saturated rings. The Morgan fingerprint density at radius 3 is 2.85 bits per heavy atom. The molecular formula is C16H20N4. The second kappa shape index (κ2) is 5.29. The first-order valence-corrected chi connectivity index (χ1v) is 7.18. The molecule has 104 valence electrons. The summed E-state index contributed by atoms with van der Waals surface area (Å²) in [5.41, 5.74) is 5.88. The van der Waals surface area contributed by atoms with E-state index in [1.165, 1.54) is 17.0 Å². The Morgan fingerprint density at radius 2 is 2.10 bits per heavy atom. The number of pyridine rings is 1. The van der Waals surface area contributed by atoms with E-state index in [4.69, 9.17) is 9.97 Å². The summed E-state index contributed by atoms with van der Waals surface area (Å²) in [5, 5.41) is 3.42. The SMILES string of the molecule is Cc1cnccc1-c1nc2c(c(C(C)C)n1)CNCC2. The van der Waals surface area contributed by atoms with Gasteiger partial charge in [-0.3, -0.25) is 4.98 Å². The van der Waals surface area contributed by atoms with E-state index in [0.29, 0.717) is 5.92 Å². The Hall–Kier alpha value is -1.81. The van der Waals surface area contributed by atoms with Gasteiger partial charge in [-0.25, -0.2) is 9.97 Å². The van der Waals surface area contributed by atoms with E-state index < -0.39 is 0 Å². The standard InChI is InChI=1S/C16H20N4/c1-10(2)15-13-9-18-7-5-14(13)19-16(20-15)12-4-6-17-8-11(12)3/h4,6,8,10,18H,5,7,9H2,1-3H3. The van der Waals surface area contributed by atoms with Gasteiger partial charge in [0.15, 0.2) is 5.82 Å². The molecule has 0 saturated heterocycles. The van der Waals surface area contributed by atoms with Gasteiger partial charge < -0.3 is 5.32 Å². The summed E-state index contributed by atoms with van der Waals surface area (Å²) in [5.74, 6) is 1.25. The summed E-state index contributed by atoms with van der Waals surface area (Å²) in [7, 11) is 0. The first kappa shape index (κ1) is 13.2. The van der Waals surface area contributed by atoms with Crippen molar-refractivity contribution < 1.29 is 0 Å². The Labute approximate surface area is 119 Å². The van der Waals surface area contributed by atoms with Gasteiger partial charge in [0.2, 0.25) is 0 Å². The molecule has 0 aliphatic carbocycles. The van der Waals surface area contributed by atoms with Crippen LogP contribution in [-0.4, -0.2) is 21.5 Å². The number of aromatic nitrogens is 3. The summed E-state index contributed by atoms with van der Waals surface area (Å²) >= 11 is 0. The maximum Gasteiger partial charge on any atom is 0.160 e. The summed E-state index contributed by atoms with van der Waals surface area (Å²) in [6.07, 6.45) is 4.66. The van der Waals surface area contributed by atoms with Gasteiger partial charge in [-0.15, -0.1) is 0 Å². The maximum atomic E-state index is 4.84. The second-order valence-electron chi connectivity index (χ2n) is 5.63. The maximum absolute atomic E-state index is 4.84. The van der Waals surface area contributed by atoms with Crippen LogP contribution >= 0.6 is 0 Å². The second-order valence-corrected chi connectivity index (χ2v) is 5.63. The largest absolute Gasteiger partial charge is 0.312 e. The van der Waals surface area contributed by atoms with Crippen LogP contribution in [-0.2, 0) is 13.0 Å². The highest BCUT2D eigenvalue weighted by molar-refractivity contribution is 5.59. The molecular weight excluding hydrogens is 248 g/mol. The quantitative estimate of drug-likeness (QED) is 0.909. The normalized spacial score (nSPS) is 14.4. The predicted molar refractivity (Wildman–Crippen MR) is 79.5 cm³/mol. The lowest BCUT2D eigenvalue weighted by molar-refractivity contribution is 0.609. The molecule has 20 heavy (non-hydrogen) atoms. The fourth-order valence-electron chi connectivity index (χ4n) is 2.69. The lowest BCUT2D eigenvalue weighted by Gasteiger charge is -2.22. The minimum absolute atomic E-state index is 0.410. The molecule has 0 saturated carbocycles. The van der Waals surface area contributed by atoms with Crippen LogP contribution in [0.25, 0.3) is 11.4 Å². The van der Waals surface area contributed by atoms with Gasteiger partial charge in [-0.05, 0) is 24.5 Å². The number of hydrogen-bond donors (Lipinski definition) is 1. The van der Waals surface area contributed by atoms with Crippen LogP contribution in [0.4, 0.5) is 0 Å². The fourth-order valence-corrected chi connectivity index (χ4v) is 2.69. The number of nitrogens with zero attached hydrogens (tertiary/aromatic N) is 3. The summed E-state index contributed by atoms with van der Waals surface area (Å²) in [6, 6.07) is 2.00.